The van der Waals surface area contributed by atoms with Gasteiger partial charge in [0.25, 0.3) is 0 Å². The zero-order valence-electron chi connectivity index (χ0n) is 25.0. The van der Waals surface area contributed by atoms with Gasteiger partial charge in [-0.15, -0.1) is 0 Å². The fraction of sp³-hybridized carbons (Fsp3) is 0.433. The van der Waals surface area contributed by atoms with Gasteiger partial charge in [0.05, 0.1) is 27.6 Å². The van der Waals surface area contributed by atoms with E-state index in [1.807, 2.05) is 13.8 Å². The lowest BCUT2D eigenvalue weighted by Gasteiger charge is -2.30. The minimum Gasteiger partial charge on any atom is -0.489 e. The van der Waals surface area contributed by atoms with Gasteiger partial charge in [-0.1, -0.05) is 12.1 Å². The van der Waals surface area contributed by atoms with Gasteiger partial charge in [0.1, 0.15) is 17.0 Å². The van der Waals surface area contributed by atoms with Crippen LogP contribution in [0.15, 0.2) is 41.3 Å². The van der Waals surface area contributed by atoms with Crippen LogP contribution in [-0.2, 0) is 9.84 Å². The van der Waals surface area contributed by atoms with Crippen LogP contribution in [0.25, 0.3) is 11.0 Å². The summed E-state index contributed by atoms with van der Waals surface area (Å²) in [5, 5.41) is 13.4. The van der Waals surface area contributed by atoms with E-state index in [1.54, 1.807) is 38.1 Å². The van der Waals surface area contributed by atoms with Crippen molar-refractivity contribution >= 4 is 49.8 Å². The van der Waals surface area contributed by atoms with Crippen molar-refractivity contribution in [2.75, 3.05) is 36.5 Å². The van der Waals surface area contributed by atoms with Crippen molar-refractivity contribution in [1.82, 2.24) is 25.1 Å². The number of anilines is 5. The van der Waals surface area contributed by atoms with Gasteiger partial charge in [-0.25, -0.2) is 8.42 Å². The van der Waals surface area contributed by atoms with Crippen molar-refractivity contribution in [3.05, 3.63) is 47.5 Å². The van der Waals surface area contributed by atoms with E-state index >= 15 is 0 Å². The molecule has 11 nitrogen and oxygen atoms in total. The fourth-order valence-corrected chi connectivity index (χ4v) is 6.53. The van der Waals surface area contributed by atoms with E-state index in [9.17, 15) is 8.42 Å². The number of nitrogen functional groups attached to an aromatic ring is 1. The van der Waals surface area contributed by atoms with E-state index in [1.165, 1.54) is 11.1 Å². The Hall–Kier alpha value is -3.90. The molecule has 2 aromatic carbocycles. The summed E-state index contributed by atoms with van der Waals surface area (Å²) in [5.74, 6) is 2.00. The quantitative estimate of drug-likeness (QED) is 0.196. The van der Waals surface area contributed by atoms with E-state index in [0.717, 1.165) is 37.4 Å². The number of benzene rings is 2. The maximum Gasteiger partial charge on any atom is 0.231 e. The van der Waals surface area contributed by atoms with Gasteiger partial charge in [0.15, 0.2) is 21.3 Å². The van der Waals surface area contributed by atoms with E-state index < -0.39 is 15.1 Å². The van der Waals surface area contributed by atoms with Crippen molar-refractivity contribution in [2.45, 2.75) is 69.6 Å². The molecule has 0 aliphatic carbocycles. The molecule has 0 unspecified atom stereocenters. The van der Waals surface area contributed by atoms with Gasteiger partial charge in [-0.05, 0) is 109 Å². The Morgan fingerprint density at radius 3 is 2.45 bits per heavy atom. The van der Waals surface area contributed by atoms with Gasteiger partial charge in [-0.2, -0.15) is 15.1 Å². The largest absolute Gasteiger partial charge is 0.489 e. The predicted octanol–water partition coefficient (Wildman–Crippen LogP) is 5.51. The Labute approximate surface area is 247 Å². The summed E-state index contributed by atoms with van der Waals surface area (Å²) < 4.78 is 32.5. The molecule has 0 spiro atoms. The van der Waals surface area contributed by atoms with Gasteiger partial charge in [-0.3, -0.25) is 5.10 Å². The molecule has 1 saturated heterocycles. The highest BCUT2D eigenvalue weighted by Gasteiger charge is 2.25. The normalized spacial score (nSPS) is 15.0. The lowest BCUT2D eigenvalue weighted by Crippen LogP contribution is -2.29. The summed E-state index contributed by atoms with van der Waals surface area (Å²) in [7, 11) is -1.41. The minimum atomic E-state index is -3.57. The molecule has 0 amide bonds. The molecule has 42 heavy (non-hydrogen) atoms. The van der Waals surface area contributed by atoms with Crippen molar-refractivity contribution in [3.8, 4) is 5.75 Å². The van der Waals surface area contributed by atoms with E-state index in [2.05, 4.69) is 56.8 Å². The minimum absolute atomic E-state index is 0.0361. The number of para-hydroxylation sites is 1. The summed E-state index contributed by atoms with van der Waals surface area (Å²) in [6.45, 7) is 11.6. The van der Waals surface area contributed by atoms with Crippen molar-refractivity contribution < 1.29 is 13.2 Å². The van der Waals surface area contributed by atoms with Crippen LogP contribution in [0.1, 0.15) is 57.6 Å². The zero-order valence-corrected chi connectivity index (χ0v) is 25.8. The summed E-state index contributed by atoms with van der Waals surface area (Å²) >= 11 is 0. The van der Waals surface area contributed by atoms with Crippen molar-refractivity contribution in [3.63, 3.8) is 0 Å². The second-order valence-corrected chi connectivity index (χ2v) is 14.0. The van der Waals surface area contributed by atoms with E-state index in [4.69, 9.17) is 15.5 Å². The van der Waals surface area contributed by atoms with E-state index in [0.29, 0.717) is 28.5 Å². The highest BCUT2D eigenvalue weighted by atomic mass is 32.2. The third kappa shape index (κ3) is 6.00. The molecular weight excluding hydrogens is 552 g/mol. The first-order chi connectivity index (χ1) is 19.9. The monoisotopic (exact) mass is 592 g/mol. The standard InChI is InChI=1S/C30H40N8O3S/c1-17(2)41-24-16-21(20-11-13-38(6)14-12-20)19(5)15-23(24)33-30-34-28(26-27(31)36-37-29(26)35-30)32-22-9-7-8-10-25(22)42(39,40)18(3)4/h7-10,15-18,20H,11-14H2,1-6H3,(H5,31,32,33,34,35,36,37). The summed E-state index contributed by atoms with van der Waals surface area (Å²) in [6, 6.07) is 11.0. The molecule has 0 bridgehead atoms. The van der Waals surface area contributed by atoms with Crippen LogP contribution in [0.2, 0.25) is 0 Å². The Morgan fingerprint density at radius 1 is 1.05 bits per heavy atom. The number of ether oxygens (including phenoxy) is 1. The molecule has 5 rings (SSSR count). The first-order valence-electron chi connectivity index (χ1n) is 14.3. The third-order valence-corrected chi connectivity index (χ3v) is 9.86. The number of nitrogens with zero attached hydrogens (tertiary/aromatic N) is 4. The first kappa shape index (κ1) is 29.6. The molecule has 1 aliphatic rings. The number of hydrogen-bond acceptors (Lipinski definition) is 10. The highest BCUT2D eigenvalue weighted by molar-refractivity contribution is 7.92. The Balaban J connectivity index is 1.55. The Kier molecular flexibility index (Phi) is 8.29. The summed E-state index contributed by atoms with van der Waals surface area (Å²) in [6.07, 6.45) is 2.18. The van der Waals surface area contributed by atoms with Gasteiger partial charge in [0, 0.05) is 0 Å². The van der Waals surface area contributed by atoms with Gasteiger partial charge in [0.2, 0.25) is 5.95 Å². The molecule has 5 N–H and O–H groups in total. The fourth-order valence-electron chi connectivity index (χ4n) is 5.33. The molecule has 0 radical (unpaired) electrons. The molecule has 1 fully saturated rings. The molecule has 4 aromatic rings. The Morgan fingerprint density at radius 2 is 1.76 bits per heavy atom. The number of likely N-dealkylation sites (tertiary alicyclic amines) is 1. The molecule has 12 heteroatoms. The number of sulfone groups is 1. The lowest BCUT2D eigenvalue weighted by molar-refractivity contribution is 0.241. The molecule has 224 valence electrons. The average molecular weight is 593 g/mol. The zero-order chi connectivity index (χ0) is 30.2. The lowest BCUT2D eigenvalue weighted by atomic mass is 9.86. The van der Waals surface area contributed by atoms with Crippen molar-refractivity contribution in [1.29, 1.82) is 0 Å². The second-order valence-electron chi connectivity index (χ2n) is 11.5. The number of aromatic amines is 1. The number of nitrogens with one attached hydrogen (secondary N) is 3. The molecule has 1 aliphatic heterocycles. The molecule has 3 heterocycles. The van der Waals surface area contributed by atoms with Crippen molar-refractivity contribution in [2.24, 2.45) is 0 Å². The smallest absolute Gasteiger partial charge is 0.231 e. The SMILES string of the molecule is Cc1cc(Nc2nc(Nc3ccccc3S(=O)(=O)C(C)C)c3c(N)n[nH]c3n2)c(OC(C)C)cc1C1CCN(C)CC1. The predicted molar refractivity (Wildman–Crippen MR) is 168 cm³/mol. The van der Waals surface area contributed by atoms with Crippen LogP contribution < -0.4 is 21.1 Å². The van der Waals surface area contributed by atoms with Crippen LogP contribution >= 0.6 is 0 Å². The average Bonchev–Trinajstić information content (AvgIpc) is 3.31. The first-order valence-corrected chi connectivity index (χ1v) is 15.9. The maximum atomic E-state index is 13.1. The number of aryl methyl sites for hydroxylation is 1. The van der Waals surface area contributed by atoms with Crippen LogP contribution in [0.5, 0.6) is 5.75 Å². The number of fused-ring (bicyclic) bond motifs is 1. The number of piperidine rings is 1. The topological polar surface area (TPSA) is 151 Å². The van der Waals surface area contributed by atoms with Crippen LogP contribution in [0.4, 0.5) is 29.0 Å². The molecule has 0 atom stereocenters. The summed E-state index contributed by atoms with van der Waals surface area (Å²) in [4.78, 5) is 11.9. The highest BCUT2D eigenvalue weighted by Crippen LogP contribution is 2.39. The number of H-pyrrole nitrogens is 1. The number of hydrogen-bond donors (Lipinski definition) is 4. The molecule has 0 saturated carbocycles. The van der Waals surface area contributed by atoms with Gasteiger partial charge < -0.3 is 26.0 Å². The summed E-state index contributed by atoms with van der Waals surface area (Å²) in [5.41, 5.74) is 10.2. The third-order valence-electron chi connectivity index (χ3n) is 7.65. The Bertz CT molecular complexity index is 1690. The molecule has 2 aromatic heterocycles. The number of nitrogens with two attached hydrogens (primary N) is 1. The molecular formula is C30H40N8O3S. The van der Waals surface area contributed by atoms with E-state index in [-0.39, 0.29) is 22.8 Å². The van der Waals surface area contributed by atoms with Gasteiger partial charge >= 0.3 is 0 Å². The number of aromatic nitrogens is 4. The maximum absolute atomic E-state index is 13.1. The van der Waals surface area contributed by atoms with Crippen LogP contribution in [0.3, 0.4) is 0 Å². The second kappa shape index (κ2) is 11.8. The number of rotatable bonds is 9. The van der Waals surface area contributed by atoms with Crippen LogP contribution in [0, 0.1) is 6.92 Å². The van der Waals surface area contributed by atoms with Crippen LogP contribution in [-0.4, -0.2) is 65.0 Å².